The second kappa shape index (κ2) is 18.7. The molecular weight excluding hydrogens is 594 g/mol. The van der Waals surface area contributed by atoms with E-state index in [1.807, 2.05) is 31.2 Å². The van der Waals surface area contributed by atoms with Gasteiger partial charge in [-0.3, -0.25) is 19.3 Å². The van der Waals surface area contributed by atoms with E-state index >= 15 is 0 Å². The maximum Gasteiger partial charge on any atom is 0.408 e. The summed E-state index contributed by atoms with van der Waals surface area (Å²) < 4.78 is 10.5. The lowest BCUT2D eigenvalue weighted by Gasteiger charge is -2.31. The summed E-state index contributed by atoms with van der Waals surface area (Å²) in [5.41, 5.74) is 6.75. The molecule has 1 aliphatic rings. The third kappa shape index (κ3) is 16.2. The van der Waals surface area contributed by atoms with Crippen LogP contribution in [0.5, 0.6) is 0 Å². The Kier molecular flexibility index (Phi) is 16.5. The molecule has 0 radical (unpaired) electrons. The Morgan fingerprint density at radius 2 is 1.20 bits per heavy atom. The summed E-state index contributed by atoms with van der Waals surface area (Å²) in [7, 11) is 5.85. The van der Waals surface area contributed by atoms with Crippen molar-refractivity contribution in [2.24, 2.45) is 11.7 Å². The van der Waals surface area contributed by atoms with Gasteiger partial charge in [0.05, 0.1) is 14.2 Å². The Morgan fingerprint density at radius 1 is 0.783 bits per heavy atom. The summed E-state index contributed by atoms with van der Waals surface area (Å²) >= 11 is 0. The monoisotopic (exact) mass is 651 g/mol. The highest BCUT2D eigenvalue weighted by molar-refractivity contribution is 5.85. The van der Waals surface area contributed by atoms with Crippen molar-refractivity contribution in [1.82, 2.24) is 20.8 Å². The summed E-state index contributed by atoms with van der Waals surface area (Å²) in [4.78, 5) is 58.7. The van der Waals surface area contributed by atoms with Crippen LogP contribution < -0.4 is 16.4 Å². The molecular formula is C33H57N5O8. The average Bonchev–Trinajstić information content (AvgIpc) is 2.95. The molecule has 4 amide bonds. The molecule has 262 valence electrons. The summed E-state index contributed by atoms with van der Waals surface area (Å²) in [6.45, 7) is 12.7. The molecule has 13 nitrogen and oxygen atoms in total. The average molecular weight is 652 g/mol. The Bertz CT molecular complexity index is 1110. The molecule has 1 saturated carbocycles. The highest BCUT2D eigenvalue weighted by Crippen LogP contribution is 2.27. The molecule has 2 atom stereocenters. The highest BCUT2D eigenvalue weighted by Gasteiger charge is 2.31. The molecule has 0 bridgehead atoms. The van der Waals surface area contributed by atoms with Crippen LogP contribution in [0.15, 0.2) is 24.3 Å². The van der Waals surface area contributed by atoms with Gasteiger partial charge in [-0.05, 0) is 92.1 Å². The van der Waals surface area contributed by atoms with E-state index in [4.69, 9.17) is 24.9 Å². The fraction of sp³-hybridized carbons (Fsp3) is 0.697. The van der Waals surface area contributed by atoms with Gasteiger partial charge in [-0.15, -0.1) is 0 Å². The van der Waals surface area contributed by atoms with Crippen LogP contribution in [-0.4, -0.2) is 91.8 Å². The van der Waals surface area contributed by atoms with Crippen LogP contribution in [0.1, 0.15) is 84.8 Å². The van der Waals surface area contributed by atoms with Gasteiger partial charge in [0.2, 0.25) is 0 Å². The maximum atomic E-state index is 12.4. The van der Waals surface area contributed by atoms with Crippen LogP contribution in [0.2, 0.25) is 0 Å². The molecule has 0 spiro atoms. The predicted molar refractivity (Wildman–Crippen MR) is 175 cm³/mol. The van der Waals surface area contributed by atoms with E-state index < -0.39 is 35.5 Å². The van der Waals surface area contributed by atoms with Crippen molar-refractivity contribution in [2.45, 2.75) is 116 Å². The van der Waals surface area contributed by atoms with Gasteiger partial charge >= 0.3 is 12.2 Å². The van der Waals surface area contributed by atoms with Crippen molar-refractivity contribution in [2.75, 3.05) is 28.3 Å². The number of carbonyl (C=O) groups is 4. The molecule has 0 saturated heterocycles. The molecule has 1 aromatic carbocycles. The van der Waals surface area contributed by atoms with Gasteiger partial charge < -0.3 is 25.8 Å². The molecule has 2 rings (SSSR count). The molecule has 0 heterocycles. The number of alkyl carbamates (subject to hydrolysis) is 2. The Balaban J connectivity index is 0.000000460. The lowest BCUT2D eigenvalue weighted by Crippen LogP contribution is -2.49. The van der Waals surface area contributed by atoms with Crippen LogP contribution in [0.25, 0.3) is 0 Å². The Labute approximate surface area is 274 Å². The molecule has 4 N–H and O–H groups in total. The number of hydroxylamine groups is 4. The number of amides is 4. The number of hydrogen-bond donors (Lipinski definition) is 3. The van der Waals surface area contributed by atoms with Gasteiger partial charge in [0.25, 0.3) is 11.8 Å². The SMILES string of the molecule is CON(C)C(=O)[C@H](CC1CCC(N)CC1)NC(=O)OC(C)(C)C.CON(C)C(=O)[C@H](Cc1ccc(C)cc1)NC(=O)OC(C)(C)C. The number of nitrogens with two attached hydrogens (primary N) is 1. The highest BCUT2D eigenvalue weighted by atomic mass is 16.7. The molecule has 13 heteroatoms. The Hall–Kier alpha value is -3.42. The summed E-state index contributed by atoms with van der Waals surface area (Å²) in [5.74, 6) is -0.267. The van der Waals surface area contributed by atoms with Crippen molar-refractivity contribution in [1.29, 1.82) is 0 Å². The van der Waals surface area contributed by atoms with Gasteiger partial charge in [0, 0.05) is 26.6 Å². The first-order valence-corrected chi connectivity index (χ1v) is 15.7. The fourth-order valence-electron chi connectivity index (χ4n) is 4.66. The van der Waals surface area contributed by atoms with Gasteiger partial charge in [0.1, 0.15) is 23.3 Å². The number of aryl methyl sites for hydroxylation is 1. The minimum atomic E-state index is -0.766. The van der Waals surface area contributed by atoms with Crippen LogP contribution in [0.4, 0.5) is 9.59 Å². The number of carbonyl (C=O) groups excluding carboxylic acids is 4. The van der Waals surface area contributed by atoms with Gasteiger partial charge in [-0.25, -0.2) is 19.7 Å². The quantitative estimate of drug-likeness (QED) is 0.314. The first-order chi connectivity index (χ1) is 21.2. The number of nitrogens with zero attached hydrogens (tertiary/aromatic N) is 2. The van der Waals surface area contributed by atoms with Crippen molar-refractivity contribution in [3.05, 3.63) is 35.4 Å². The number of nitrogens with one attached hydrogen (secondary N) is 2. The van der Waals surface area contributed by atoms with E-state index in [9.17, 15) is 19.2 Å². The minimum absolute atomic E-state index is 0.251. The molecule has 1 aromatic rings. The predicted octanol–water partition coefficient (Wildman–Crippen LogP) is 4.26. The molecule has 0 aromatic heterocycles. The maximum absolute atomic E-state index is 12.4. The minimum Gasteiger partial charge on any atom is -0.444 e. The second-order valence-corrected chi connectivity index (χ2v) is 13.6. The van der Waals surface area contributed by atoms with Crippen LogP contribution in [-0.2, 0) is 35.2 Å². The van der Waals surface area contributed by atoms with E-state index in [2.05, 4.69) is 10.6 Å². The number of ether oxygens (including phenoxy) is 2. The van der Waals surface area contributed by atoms with E-state index in [-0.39, 0.29) is 17.9 Å². The topological polar surface area (TPSA) is 162 Å². The third-order valence-electron chi connectivity index (χ3n) is 7.17. The summed E-state index contributed by atoms with van der Waals surface area (Å²) in [6.07, 6.45) is 3.55. The van der Waals surface area contributed by atoms with Crippen molar-refractivity contribution in [3.63, 3.8) is 0 Å². The third-order valence-corrected chi connectivity index (χ3v) is 7.17. The van der Waals surface area contributed by atoms with E-state index in [1.54, 1.807) is 41.5 Å². The zero-order valence-corrected chi connectivity index (χ0v) is 29.6. The lowest BCUT2D eigenvalue weighted by atomic mass is 9.82. The largest absolute Gasteiger partial charge is 0.444 e. The van der Waals surface area contributed by atoms with Crippen LogP contribution in [0.3, 0.4) is 0 Å². The zero-order chi connectivity index (χ0) is 35.2. The number of likely N-dealkylation sites (N-methyl/N-ethyl adjacent to an activating group) is 2. The second-order valence-electron chi connectivity index (χ2n) is 13.6. The standard InChI is InChI=1S/C17H26N2O4.C16H31N3O4/c1-12-7-9-13(10-8-12)11-14(15(20)19(5)22-6)18-16(21)23-17(2,3)4;1-16(2,3)23-15(21)18-13(14(20)19(4)22-5)10-11-6-8-12(17)9-7-11/h7-10,14H,11H2,1-6H3,(H,18,21);11-13H,6-10,17H2,1-5H3,(H,18,21)/t14-;11?,12?,13-/m00/s1. The van der Waals surface area contributed by atoms with Gasteiger partial charge in [-0.2, -0.15) is 0 Å². The van der Waals surface area contributed by atoms with E-state index in [1.165, 1.54) is 28.3 Å². The molecule has 1 fully saturated rings. The first kappa shape index (κ1) is 40.6. The van der Waals surface area contributed by atoms with Crippen molar-refractivity contribution >= 4 is 24.0 Å². The summed E-state index contributed by atoms with van der Waals surface area (Å²) in [5, 5.41) is 7.53. The molecule has 0 aliphatic heterocycles. The lowest BCUT2D eigenvalue weighted by molar-refractivity contribution is -0.171. The summed E-state index contributed by atoms with van der Waals surface area (Å²) in [6, 6.07) is 6.61. The van der Waals surface area contributed by atoms with Crippen LogP contribution >= 0.6 is 0 Å². The number of benzene rings is 1. The van der Waals surface area contributed by atoms with Crippen LogP contribution in [0, 0.1) is 12.8 Å². The zero-order valence-electron chi connectivity index (χ0n) is 29.6. The van der Waals surface area contributed by atoms with E-state index in [0.717, 1.165) is 46.9 Å². The van der Waals surface area contributed by atoms with Gasteiger partial charge in [-0.1, -0.05) is 29.8 Å². The number of rotatable bonds is 10. The number of hydrogen-bond acceptors (Lipinski definition) is 9. The fourth-order valence-corrected chi connectivity index (χ4v) is 4.66. The first-order valence-electron chi connectivity index (χ1n) is 15.7. The molecule has 0 unspecified atom stereocenters. The van der Waals surface area contributed by atoms with Gasteiger partial charge in [0.15, 0.2) is 0 Å². The Morgan fingerprint density at radius 3 is 1.61 bits per heavy atom. The van der Waals surface area contributed by atoms with E-state index in [0.29, 0.717) is 18.8 Å². The molecule has 46 heavy (non-hydrogen) atoms. The van der Waals surface area contributed by atoms with Crippen molar-refractivity contribution in [3.8, 4) is 0 Å². The van der Waals surface area contributed by atoms with Crippen molar-refractivity contribution < 1.29 is 38.3 Å². The normalized spacial score (nSPS) is 17.7. The molecule has 1 aliphatic carbocycles. The smallest absolute Gasteiger partial charge is 0.408 e.